The molecule has 112 valence electrons. The van der Waals surface area contributed by atoms with Crippen LogP contribution in [-0.4, -0.2) is 27.2 Å². The van der Waals surface area contributed by atoms with Crippen molar-refractivity contribution in [2.45, 2.75) is 39.9 Å². The Hall–Kier alpha value is -1.88. The summed E-state index contributed by atoms with van der Waals surface area (Å²) in [5.74, 6) is 1.13. The first-order chi connectivity index (χ1) is 9.95. The topological polar surface area (TPSA) is 57.1 Å². The van der Waals surface area contributed by atoms with Crippen LogP contribution in [0.2, 0.25) is 5.28 Å². The Bertz CT molecular complexity index is 618. The second-order valence-corrected chi connectivity index (χ2v) is 5.38. The van der Waals surface area contributed by atoms with Gasteiger partial charge in [0.1, 0.15) is 5.75 Å². The molecule has 0 fully saturated rings. The fraction of sp³-hybridized carbons (Fsp3) is 0.400. The highest BCUT2D eigenvalue weighted by atomic mass is 35.5. The van der Waals surface area contributed by atoms with E-state index in [0.717, 1.165) is 5.56 Å². The van der Waals surface area contributed by atoms with E-state index in [1.165, 1.54) is 0 Å². The van der Waals surface area contributed by atoms with E-state index >= 15 is 0 Å². The van der Waals surface area contributed by atoms with E-state index in [4.69, 9.17) is 21.1 Å². The van der Waals surface area contributed by atoms with Crippen LogP contribution in [0.4, 0.5) is 0 Å². The summed E-state index contributed by atoms with van der Waals surface area (Å²) in [6.07, 6.45) is 0.00770. The summed E-state index contributed by atoms with van der Waals surface area (Å²) >= 11 is 5.96. The van der Waals surface area contributed by atoms with Crippen LogP contribution in [0.3, 0.4) is 0 Å². The van der Waals surface area contributed by atoms with E-state index in [1.54, 1.807) is 0 Å². The molecule has 0 spiro atoms. The maximum Gasteiger partial charge on any atom is 0.321 e. The first kappa shape index (κ1) is 15.5. The van der Waals surface area contributed by atoms with E-state index in [0.29, 0.717) is 11.6 Å². The molecule has 0 aliphatic rings. The van der Waals surface area contributed by atoms with Crippen molar-refractivity contribution >= 4 is 11.6 Å². The van der Waals surface area contributed by atoms with Crippen molar-refractivity contribution in [3.8, 4) is 23.1 Å². The molecule has 1 aromatic heterocycles. The van der Waals surface area contributed by atoms with Gasteiger partial charge in [-0.2, -0.15) is 15.0 Å². The molecule has 0 atom stereocenters. The molecule has 0 aliphatic heterocycles. The molecule has 1 aromatic carbocycles. The molecule has 1 heterocycles. The number of hydrogen-bond donors (Lipinski definition) is 0. The Labute approximate surface area is 129 Å². The summed E-state index contributed by atoms with van der Waals surface area (Å²) in [7, 11) is 0. The smallest absolute Gasteiger partial charge is 0.321 e. The van der Waals surface area contributed by atoms with Gasteiger partial charge in [0.2, 0.25) is 5.28 Å². The molecule has 0 amide bonds. The predicted molar refractivity (Wildman–Crippen MR) is 81.8 cm³/mol. The maximum absolute atomic E-state index is 5.96. The molecular weight excluding hydrogens is 290 g/mol. The van der Waals surface area contributed by atoms with Gasteiger partial charge in [-0.3, -0.25) is 0 Å². The van der Waals surface area contributed by atoms with Gasteiger partial charge in [0, 0.05) is 0 Å². The van der Waals surface area contributed by atoms with E-state index < -0.39 is 0 Å². The lowest BCUT2D eigenvalue weighted by Gasteiger charge is -2.14. The lowest BCUT2D eigenvalue weighted by atomic mass is 10.2. The second kappa shape index (κ2) is 6.72. The number of rotatable bonds is 5. The molecule has 0 saturated heterocycles. The highest BCUT2D eigenvalue weighted by molar-refractivity contribution is 6.28. The second-order valence-electron chi connectivity index (χ2n) is 5.04. The lowest BCUT2D eigenvalue weighted by molar-refractivity contribution is 0.221. The number of benzene rings is 1. The van der Waals surface area contributed by atoms with Crippen LogP contribution in [0, 0.1) is 0 Å². The van der Waals surface area contributed by atoms with Gasteiger partial charge < -0.3 is 9.47 Å². The molecule has 21 heavy (non-hydrogen) atoms. The van der Waals surface area contributed by atoms with Gasteiger partial charge in [-0.05, 0) is 51.4 Å². The molecule has 0 N–H and O–H groups in total. The quantitative estimate of drug-likeness (QED) is 0.841. The summed E-state index contributed by atoms with van der Waals surface area (Å²) in [6, 6.07) is 7.75. The molecule has 2 aromatic rings. The van der Waals surface area contributed by atoms with E-state index in [-0.39, 0.29) is 23.5 Å². The van der Waals surface area contributed by atoms with Crippen molar-refractivity contribution < 1.29 is 9.47 Å². The van der Waals surface area contributed by atoms with Gasteiger partial charge >= 0.3 is 6.01 Å². The molecular formula is C15H18ClN3O2. The van der Waals surface area contributed by atoms with Crippen molar-refractivity contribution in [3.63, 3.8) is 0 Å². The predicted octanol–water partition coefficient (Wildman–Crippen LogP) is 3.77. The van der Waals surface area contributed by atoms with E-state index in [2.05, 4.69) is 15.0 Å². The van der Waals surface area contributed by atoms with Gasteiger partial charge in [-0.15, -0.1) is 0 Å². The van der Waals surface area contributed by atoms with Crippen LogP contribution in [0.15, 0.2) is 24.3 Å². The third kappa shape index (κ3) is 4.29. The first-order valence-electron chi connectivity index (χ1n) is 6.80. The molecule has 5 nitrogen and oxygen atoms in total. The molecule has 0 unspecified atom stereocenters. The Balaban J connectivity index is 2.44. The van der Waals surface area contributed by atoms with Crippen molar-refractivity contribution in [2.24, 2.45) is 0 Å². The lowest BCUT2D eigenvalue weighted by Crippen LogP contribution is -2.10. The van der Waals surface area contributed by atoms with Gasteiger partial charge in [-0.25, -0.2) is 0 Å². The fourth-order valence-corrected chi connectivity index (χ4v) is 1.88. The first-order valence-corrected chi connectivity index (χ1v) is 7.17. The maximum atomic E-state index is 5.96. The molecule has 0 saturated carbocycles. The van der Waals surface area contributed by atoms with Gasteiger partial charge in [0.15, 0.2) is 5.82 Å². The average molecular weight is 308 g/mol. The van der Waals surface area contributed by atoms with Gasteiger partial charge in [0.25, 0.3) is 0 Å². The van der Waals surface area contributed by atoms with Crippen LogP contribution in [-0.2, 0) is 0 Å². The van der Waals surface area contributed by atoms with Crippen LogP contribution < -0.4 is 9.47 Å². The number of halogens is 1. The minimum atomic E-state index is -0.0431. The third-order valence-electron chi connectivity index (χ3n) is 2.42. The highest BCUT2D eigenvalue weighted by Gasteiger charge is 2.14. The normalized spacial score (nSPS) is 11.0. The molecule has 0 aliphatic carbocycles. The minimum Gasteiger partial charge on any atom is -0.490 e. The SMILES string of the molecule is CC(C)Oc1nc(Cl)nc(-c2ccccc2OC(C)C)n1. The average Bonchev–Trinajstić information content (AvgIpc) is 2.37. The van der Waals surface area contributed by atoms with Crippen LogP contribution >= 0.6 is 11.6 Å². The van der Waals surface area contributed by atoms with Crippen molar-refractivity contribution in [1.82, 2.24) is 15.0 Å². The highest BCUT2D eigenvalue weighted by Crippen LogP contribution is 2.29. The zero-order chi connectivity index (χ0) is 15.4. The summed E-state index contributed by atoms with van der Waals surface area (Å²) in [5, 5.41) is 0.0926. The van der Waals surface area contributed by atoms with Crippen LogP contribution in [0.5, 0.6) is 11.8 Å². The summed E-state index contributed by atoms with van der Waals surface area (Å²) in [4.78, 5) is 12.4. The number of hydrogen-bond acceptors (Lipinski definition) is 5. The largest absolute Gasteiger partial charge is 0.490 e. The Morgan fingerprint density at radius 1 is 0.905 bits per heavy atom. The summed E-state index contributed by atoms with van der Waals surface area (Å²) < 4.78 is 11.3. The van der Waals surface area contributed by atoms with Gasteiger partial charge in [-0.1, -0.05) is 12.1 Å². The van der Waals surface area contributed by atoms with Crippen LogP contribution in [0.25, 0.3) is 11.4 Å². The molecule has 6 heteroatoms. The Morgan fingerprint density at radius 2 is 1.57 bits per heavy atom. The number of ether oxygens (including phenoxy) is 2. The molecule has 0 radical (unpaired) electrons. The van der Waals surface area contributed by atoms with Gasteiger partial charge in [0.05, 0.1) is 17.8 Å². The minimum absolute atomic E-state index is 0.0431. The number of para-hydroxylation sites is 1. The van der Waals surface area contributed by atoms with E-state index in [9.17, 15) is 0 Å². The Morgan fingerprint density at radius 3 is 2.24 bits per heavy atom. The molecule has 2 rings (SSSR count). The number of aromatic nitrogens is 3. The summed E-state index contributed by atoms with van der Waals surface area (Å²) in [5.41, 5.74) is 0.754. The fourth-order valence-electron chi connectivity index (χ4n) is 1.72. The Kier molecular flexibility index (Phi) is 4.96. The monoisotopic (exact) mass is 307 g/mol. The van der Waals surface area contributed by atoms with Crippen molar-refractivity contribution in [2.75, 3.05) is 0 Å². The summed E-state index contributed by atoms with van der Waals surface area (Å²) in [6.45, 7) is 7.72. The third-order valence-corrected chi connectivity index (χ3v) is 2.59. The zero-order valence-electron chi connectivity index (χ0n) is 12.5. The van der Waals surface area contributed by atoms with E-state index in [1.807, 2.05) is 52.0 Å². The standard InChI is InChI=1S/C15H18ClN3O2/c1-9(2)20-12-8-6-5-7-11(12)13-17-14(16)19-15(18-13)21-10(3)4/h5-10H,1-4H3. The van der Waals surface area contributed by atoms with Crippen molar-refractivity contribution in [1.29, 1.82) is 0 Å². The number of nitrogens with zero attached hydrogens (tertiary/aromatic N) is 3. The van der Waals surface area contributed by atoms with Crippen LogP contribution in [0.1, 0.15) is 27.7 Å². The van der Waals surface area contributed by atoms with Crippen molar-refractivity contribution in [3.05, 3.63) is 29.5 Å². The molecule has 0 bridgehead atoms. The zero-order valence-corrected chi connectivity index (χ0v) is 13.3.